The summed E-state index contributed by atoms with van der Waals surface area (Å²) >= 11 is 4.60. The van der Waals surface area contributed by atoms with E-state index >= 15 is 0 Å². The Labute approximate surface area is 167 Å². The minimum Gasteiger partial charge on any atom is -0.444 e. The number of hydrogen-bond donors (Lipinski definition) is 2. The number of carbonyl (C=O) groups excluding carboxylic acids is 2. The van der Waals surface area contributed by atoms with Crippen LogP contribution in [-0.2, 0) is 11.2 Å². The summed E-state index contributed by atoms with van der Waals surface area (Å²) in [6, 6.07) is 10.3. The molecule has 138 valence electrons. The molecule has 0 bridgehead atoms. The molecule has 2 amide bonds. The standard InChI is InChI=1S/C18H15BrN4O3S/c19-14-8-7-13(26-14)16(25)20-12-5-1-10(2-6-12)9-15(24)21-18-23-22-17(27-18)11-3-4-11/h1-2,5-8,11H,3-4,9H2,(H,20,25)(H,21,23,24). The summed E-state index contributed by atoms with van der Waals surface area (Å²) in [6.45, 7) is 0. The number of nitrogens with one attached hydrogen (secondary N) is 2. The fraction of sp³-hybridized carbons (Fsp3) is 0.222. The lowest BCUT2D eigenvalue weighted by Gasteiger charge is -2.05. The van der Waals surface area contributed by atoms with Crippen LogP contribution in [-0.4, -0.2) is 22.0 Å². The van der Waals surface area contributed by atoms with E-state index in [1.807, 2.05) is 0 Å². The van der Waals surface area contributed by atoms with Crippen molar-refractivity contribution in [1.29, 1.82) is 0 Å². The SMILES string of the molecule is O=C(Cc1ccc(NC(=O)c2ccc(Br)o2)cc1)Nc1nnc(C2CC2)s1. The predicted molar refractivity (Wildman–Crippen MR) is 105 cm³/mol. The normalized spacial score (nSPS) is 13.4. The molecule has 0 atom stereocenters. The van der Waals surface area contributed by atoms with Crippen molar-refractivity contribution in [3.8, 4) is 0 Å². The van der Waals surface area contributed by atoms with E-state index in [2.05, 4.69) is 36.8 Å². The van der Waals surface area contributed by atoms with Crippen LogP contribution < -0.4 is 10.6 Å². The van der Waals surface area contributed by atoms with Crippen LogP contribution >= 0.6 is 27.3 Å². The number of nitrogens with zero attached hydrogens (tertiary/aromatic N) is 2. The highest BCUT2D eigenvalue weighted by Gasteiger charge is 2.27. The number of amides is 2. The Bertz CT molecular complexity index is 979. The zero-order valence-corrected chi connectivity index (χ0v) is 16.5. The molecule has 2 aromatic heterocycles. The van der Waals surface area contributed by atoms with E-state index in [-0.39, 0.29) is 24.0 Å². The van der Waals surface area contributed by atoms with Crippen LogP contribution in [0.2, 0.25) is 0 Å². The summed E-state index contributed by atoms with van der Waals surface area (Å²) in [7, 11) is 0. The van der Waals surface area contributed by atoms with E-state index in [0.29, 0.717) is 21.4 Å². The summed E-state index contributed by atoms with van der Waals surface area (Å²) in [5.74, 6) is 0.255. The zero-order valence-electron chi connectivity index (χ0n) is 14.1. The maximum atomic E-state index is 12.2. The van der Waals surface area contributed by atoms with E-state index < -0.39 is 0 Å². The topological polar surface area (TPSA) is 97.1 Å². The van der Waals surface area contributed by atoms with Crippen molar-refractivity contribution in [2.45, 2.75) is 25.2 Å². The van der Waals surface area contributed by atoms with Gasteiger partial charge in [-0.15, -0.1) is 10.2 Å². The first-order valence-electron chi connectivity index (χ1n) is 8.36. The van der Waals surface area contributed by atoms with Crippen LogP contribution in [0.5, 0.6) is 0 Å². The molecule has 2 N–H and O–H groups in total. The lowest BCUT2D eigenvalue weighted by molar-refractivity contribution is -0.115. The molecule has 9 heteroatoms. The van der Waals surface area contributed by atoms with Crippen molar-refractivity contribution in [3.63, 3.8) is 0 Å². The quantitative estimate of drug-likeness (QED) is 0.590. The Kier molecular flexibility index (Phi) is 5.04. The molecule has 27 heavy (non-hydrogen) atoms. The van der Waals surface area contributed by atoms with E-state index in [1.54, 1.807) is 36.4 Å². The van der Waals surface area contributed by atoms with Gasteiger partial charge in [0.2, 0.25) is 11.0 Å². The Morgan fingerprint density at radius 3 is 2.56 bits per heavy atom. The van der Waals surface area contributed by atoms with Crippen molar-refractivity contribution in [1.82, 2.24) is 10.2 Å². The molecule has 1 saturated carbocycles. The van der Waals surface area contributed by atoms with Gasteiger partial charge in [0.15, 0.2) is 10.4 Å². The number of aromatic nitrogens is 2. The first kappa shape index (κ1) is 17.9. The molecule has 2 heterocycles. The summed E-state index contributed by atoms with van der Waals surface area (Å²) in [5, 5.41) is 15.2. The molecule has 0 radical (unpaired) electrons. The highest BCUT2D eigenvalue weighted by atomic mass is 79.9. The second-order valence-corrected chi connectivity index (χ2v) is 7.99. The molecular formula is C18H15BrN4O3S. The molecule has 1 aromatic carbocycles. The molecule has 4 rings (SSSR count). The zero-order chi connectivity index (χ0) is 18.8. The molecule has 0 spiro atoms. The molecule has 1 fully saturated rings. The third kappa shape index (κ3) is 4.61. The minimum atomic E-state index is -0.339. The van der Waals surface area contributed by atoms with E-state index in [1.165, 1.54) is 11.3 Å². The molecule has 3 aromatic rings. The average Bonchev–Trinajstić information content (AvgIpc) is 3.24. The highest BCUT2D eigenvalue weighted by Crippen LogP contribution is 2.42. The smallest absolute Gasteiger partial charge is 0.291 e. The van der Waals surface area contributed by atoms with E-state index in [9.17, 15) is 9.59 Å². The number of anilines is 2. The Morgan fingerprint density at radius 2 is 1.89 bits per heavy atom. The maximum absolute atomic E-state index is 12.2. The van der Waals surface area contributed by atoms with Gasteiger partial charge in [0.25, 0.3) is 5.91 Å². The second-order valence-electron chi connectivity index (χ2n) is 6.20. The number of benzene rings is 1. The van der Waals surface area contributed by atoms with E-state index in [4.69, 9.17) is 4.42 Å². The fourth-order valence-electron chi connectivity index (χ4n) is 2.46. The summed E-state index contributed by atoms with van der Waals surface area (Å²) in [6.07, 6.45) is 2.53. The fourth-order valence-corrected chi connectivity index (χ4v) is 3.70. The van der Waals surface area contributed by atoms with Gasteiger partial charge in [0.1, 0.15) is 5.01 Å². The van der Waals surface area contributed by atoms with Crippen LogP contribution in [0.1, 0.15) is 39.9 Å². The van der Waals surface area contributed by atoms with Crippen LogP contribution in [0.15, 0.2) is 45.5 Å². The van der Waals surface area contributed by atoms with Gasteiger partial charge in [0, 0.05) is 11.6 Å². The van der Waals surface area contributed by atoms with Crippen LogP contribution in [0.25, 0.3) is 0 Å². The summed E-state index contributed by atoms with van der Waals surface area (Å²) < 4.78 is 5.71. The van der Waals surface area contributed by atoms with Gasteiger partial charge >= 0.3 is 0 Å². The van der Waals surface area contributed by atoms with Gasteiger partial charge in [-0.3, -0.25) is 9.59 Å². The number of rotatable bonds is 6. The monoisotopic (exact) mass is 446 g/mol. The predicted octanol–water partition coefficient (Wildman–Crippen LogP) is 4.20. The summed E-state index contributed by atoms with van der Waals surface area (Å²) in [5.41, 5.74) is 1.45. The number of furan rings is 1. The molecule has 0 aliphatic heterocycles. The lowest BCUT2D eigenvalue weighted by atomic mass is 10.1. The van der Waals surface area contributed by atoms with Crippen molar-refractivity contribution in [3.05, 3.63) is 57.4 Å². The van der Waals surface area contributed by atoms with Crippen molar-refractivity contribution in [2.75, 3.05) is 10.6 Å². The van der Waals surface area contributed by atoms with Gasteiger partial charge in [-0.05, 0) is 58.6 Å². The third-order valence-electron chi connectivity index (χ3n) is 3.99. The van der Waals surface area contributed by atoms with Gasteiger partial charge in [-0.1, -0.05) is 23.5 Å². The number of carbonyl (C=O) groups is 2. The summed E-state index contributed by atoms with van der Waals surface area (Å²) in [4.78, 5) is 24.2. The Morgan fingerprint density at radius 1 is 1.11 bits per heavy atom. The van der Waals surface area contributed by atoms with Crippen molar-refractivity contribution < 1.29 is 14.0 Å². The first-order valence-corrected chi connectivity index (χ1v) is 9.96. The molecule has 0 saturated heterocycles. The minimum absolute atomic E-state index is 0.147. The molecule has 1 aliphatic carbocycles. The van der Waals surface area contributed by atoms with Gasteiger partial charge in [-0.2, -0.15) is 0 Å². The van der Waals surface area contributed by atoms with Gasteiger partial charge < -0.3 is 15.1 Å². The van der Waals surface area contributed by atoms with Gasteiger partial charge in [-0.25, -0.2) is 0 Å². The molecule has 0 unspecified atom stereocenters. The second kappa shape index (κ2) is 7.61. The Balaban J connectivity index is 1.31. The molecule has 1 aliphatic rings. The Hall–Kier alpha value is -2.52. The average molecular weight is 447 g/mol. The third-order valence-corrected chi connectivity index (χ3v) is 5.41. The number of hydrogen-bond acceptors (Lipinski definition) is 6. The largest absolute Gasteiger partial charge is 0.444 e. The molecule has 7 nitrogen and oxygen atoms in total. The van der Waals surface area contributed by atoms with E-state index in [0.717, 1.165) is 23.4 Å². The lowest BCUT2D eigenvalue weighted by Crippen LogP contribution is -2.14. The highest BCUT2D eigenvalue weighted by molar-refractivity contribution is 9.10. The van der Waals surface area contributed by atoms with Crippen LogP contribution in [0.4, 0.5) is 10.8 Å². The number of halogens is 1. The van der Waals surface area contributed by atoms with Crippen LogP contribution in [0.3, 0.4) is 0 Å². The van der Waals surface area contributed by atoms with Crippen molar-refractivity contribution in [2.24, 2.45) is 0 Å². The van der Waals surface area contributed by atoms with Gasteiger partial charge in [0.05, 0.1) is 6.42 Å². The first-order chi connectivity index (χ1) is 13.1. The van der Waals surface area contributed by atoms with Crippen LogP contribution in [0, 0.1) is 0 Å². The maximum Gasteiger partial charge on any atom is 0.291 e. The van der Waals surface area contributed by atoms with Crippen molar-refractivity contribution >= 4 is 49.9 Å². The molecular weight excluding hydrogens is 432 g/mol.